The smallest absolute Gasteiger partial charge is 0.268 e. The van der Waals surface area contributed by atoms with Crippen molar-refractivity contribution < 1.29 is 0 Å². The normalized spacial score (nSPS) is 9.80. The number of nitrogen functional groups attached to an aromatic ring is 1. The van der Waals surface area contributed by atoms with E-state index in [1.54, 1.807) is 18.2 Å². The largest absolute Gasteiger partial charge is 0.384 e. The van der Waals surface area contributed by atoms with E-state index in [0.717, 1.165) is 8.95 Å². The van der Waals surface area contributed by atoms with Crippen LogP contribution in [0.4, 0.5) is 5.82 Å². The van der Waals surface area contributed by atoms with Gasteiger partial charge in [0.2, 0.25) is 0 Å². The summed E-state index contributed by atoms with van der Waals surface area (Å²) in [4.78, 5) is 14.1. The lowest BCUT2D eigenvalue weighted by Gasteiger charge is -2.09. The average Bonchev–Trinajstić information content (AvgIpc) is 2.36. The first kappa shape index (κ1) is 14.3. The first-order chi connectivity index (χ1) is 9.47. The van der Waals surface area contributed by atoms with Crippen LogP contribution >= 0.6 is 31.9 Å². The fourth-order valence-corrected chi connectivity index (χ4v) is 3.12. The number of halogens is 2. The molecule has 7 heteroatoms. The SMILES string of the molecule is N#Cc1c(N)[nH]c(=O)c(C#N)c1-c1cc(Br)cc(Br)c1. The Morgan fingerprint density at radius 2 is 1.60 bits per heavy atom. The predicted octanol–water partition coefficient (Wildman–Crippen LogP) is 2.89. The van der Waals surface area contributed by atoms with Crippen LogP contribution in [0.25, 0.3) is 11.1 Å². The van der Waals surface area contributed by atoms with E-state index in [1.165, 1.54) is 0 Å². The second kappa shape index (κ2) is 5.49. The summed E-state index contributed by atoms with van der Waals surface area (Å²) < 4.78 is 1.49. The van der Waals surface area contributed by atoms with Gasteiger partial charge in [-0.1, -0.05) is 31.9 Å². The van der Waals surface area contributed by atoms with E-state index in [-0.39, 0.29) is 22.5 Å². The molecule has 0 aliphatic heterocycles. The van der Waals surface area contributed by atoms with Crippen LogP contribution in [0.3, 0.4) is 0 Å². The maximum atomic E-state index is 11.8. The Hall–Kier alpha value is -2.09. The van der Waals surface area contributed by atoms with E-state index in [2.05, 4.69) is 36.8 Å². The topological polar surface area (TPSA) is 106 Å². The molecule has 0 amide bonds. The summed E-state index contributed by atoms with van der Waals surface area (Å²) in [6, 6.07) is 8.97. The number of benzene rings is 1. The van der Waals surface area contributed by atoms with Gasteiger partial charge in [0, 0.05) is 14.5 Å². The van der Waals surface area contributed by atoms with E-state index in [4.69, 9.17) is 11.0 Å². The number of rotatable bonds is 1. The summed E-state index contributed by atoms with van der Waals surface area (Å²) >= 11 is 6.65. The number of hydrogen-bond acceptors (Lipinski definition) is 4. The molecule has 3 N–H and O–H groups in total. The van der Waals surface area contributed by atoms with Gasteiger partial charge in [-0.15, -0.1) is 0 Å². The number of H-pyrrole nitrogens is 1. The van der Waals surface area contributed by atoms with Crippen molar-refractivity contribution in [3.05, 3.63) is 48.6 Å². The Bertz CT molecular complexity index is 823. The van der Waals surface area contributed by atoms with E-state index >= 15 is 0 Å². The number of anilines is 1. The van der Waals surface area contributed by atoms with Crippen molar-refractivity contribution in [1.29, 1.82) is 10.5 Å². The minimum atomic E-state index is -0.616. The van der Waals surface area contributed by atoms with Crippen LogP contribution in [0.2, 0.25) is 0 Å². The van der Waals surface area contributed by atoms with Crippen LogP contribution in [-0.4, -0.2) is 4.98 Å². The molecule has 2 rings (SSSR count). The summed E-state index contributed by atoms with van der Waals surface area (Å²) in [5, 5.41) is 18.4. The van der Waals surface area contributed by atoms with Gasteiger partial charge in [-0.05, 0) is 23.8 Å². The average molecular weight is 394 g/mol. The van der Waals surface area contributed by atoms with E-state index in [1.807, 2.05) is 12.1 Å². The number of hydrogen-bond donors (Lipinski definition) is 2. The Balaban J connectivity index is 2.96. The molecule has 2 aromatic rings. The lowest BCUT2D eigenvalue weighted by molar-refractivity contribution is 1.21. The number of nitriles is 2. The third kappa shape index (κ3) is 2.46. The molecule has 0 bridgehead atoms. The number of nitrogens with one attached hydrogen (secondary N) is 1. The predicted molar refractivity (Wildman–Crippen MR) is 81.7 cm³/mol. The summed E-state index contributed by atoms with van der Waals surface area (Å²) in [5.41, 5.74) is 5.77. The lowest BCUT2D eigenvalue weighted by Crippen LogP contribution is -2.16. The third-order valence-corrected chi connectivity index (χ3v) is 3.54. The molecule has 98 valence electrons. The zero-order valence-corrected chi connectivity index (χ0v) is 13.0. The molecule has 0 spiro atoms. The summed E-state index contributed by atoms with van der Waals surface area (Å²) in [7, 11) is 0. The van der Waals surface area contributed by atoms with Gasteiger partial charge >= 0.3 is 0 Å². The van der Waals surface area contributed by atoms with Crippen LogP contribution in [0.15, 0.2) is 31.9 Å². The molecular formula is C13H6Br2N4O. The van der Waals surface area contributed by atoms with E-state index < -0.39 is 5.56 Å². The monoisotopic (exact) mass is 392 g/mol. The molecule has 0 saturated heterocycles. The van der Waals surface area contributed by atoms with Gasteiger partial charge in [-0.25, -0.2) is 0 Å². The van der Waals surface area contributed by atoms with Crippen molar-refractivity contribution in [2.24, 2.45) is 0 Å². The van der Waals surface area contributed by atoms with Crippen LogP contribution in [0.1, 0.15) is 11.1 Å². The van der Waals surface area contributed by atoms with Gasteiger partial charge in [0.05, 0.1) is 0 Å². The molecule has 1 aromatic heterocycles. The summed E-state index contributed by atoms with van der Waals surface area (Å²) in [5.74, 6) is -0.0532. The van der Waals surface area contributed by atoms with Crippen molar-refractivity contribution in [3.63, 3.8) is 0 Å². The first-order valence-corrected chi connectivity index (χ1v) is 6.89. The molecule has 0 aliphatic carbocycles. The quantitative estimate of drug-likeness (QED) is 0.776. The highest BCUT2D eigenvalue weighted by Crippen LogP contribution is 2.32. The van der Waals surface area contributed by atoms with E-state index in [0.29, 0.717) is 5.56 Å². The zero-order chi connectivity index (χ0) is 14.9. The fourth-order valence-electron chi connectivity index (χ4n) is 1.83. The summed E-state index contributed by atoms with van der Waals surface area (Å²) in [6.07, 6.45) is 0. The molecule has 5 nitrogen and oxygen atoms in total. The molecule has 1 aromatic carbocycles. The highest BCUT2D eigenvalue weighted by Gasteiger charge is 2.18. The lowest BCUT2D eigenvalue weighted by atomic mass is 9.97. The molecule has 20 heavy (non-hydrogen) atoms. The first-order valence-electron chi connectivity index (χ1n) is 5.30. The molecule has 0 aliphatic rings. The minimum absolute atomic E-state index is 0.0532. The van der Waals surface area contributed by atoms with Crippen LogP contribution in [0.5, 0.6) is 0 Å². The van der Waals surface area contributed by atoms with Crippen molar-refractivity contribution >= 4 is 37.7 Å². The minimum Gasteiger partial charge on any atom is -0.384 e. The number of aromatic nitrogens is 1. The molecule has 0 radical (unpaired) electrons. The maximum Gasteiger partial charge on any atom is 0.268 e. The van der Waals surface area contributed by atoms with Crippen LogP contribution < -0.4 is 11.3 Å². The van der Waals surface area contributed by atoms with Gasteiger partial charge < -0.3 is 10.7 Å². The van der Waals surface area contributed by atoms with Gasteiger partial charge in [-0.2, -0.15) is 10.5 Å². The molecule has 0 unspecified atom stereocenters. The van der Waals surface area contributed by atoms with Crippen LogP contribution in [-0.2, 0) is 0 Å². The highest BCUT2D eigenvalue weighted by molar-refractivity contribution is 9.11. The van der Waals surface area contributed by atoms with Gasteiger partial charge in [0.1, 0.15) is 29.1 Å². The van der Waals surface area contributed by atoms with Crippen LogP contribution in [0, 0.1) is 22.7 Å². The molecule has 0 atom stereocenters. The van der Waals surface area contributed by atoms with E-state index in [9.17, 15) is 10.1 Å². The molecular weight excluding hydrogens is 388 g/mol. The van der Waals surface area contributed by atoms with Gasteiger partial charge in [-0.3, -0.25) is 4.79 Å². The van der Waals surface area contributed by atoms with Crippen molar-refractivity contribution in [3.8, 4) is 23.3 Å². The third-order valence-electron chi connectivity index (χ3n) is 2.62. The highest BCUT2D eigenvalue weighted by atomic mass is 79.9. The number of nitrogens with zero attached hydrogens (tertiary/aromatic N) is 2. The Morgan fingerprint density at radius 3 is 2.10 bits per heavy atom. The van der Waals surface area contributed by atoms with Crippen molar-refractivity contribution in [2.45, 2.75) is 0 Å². The molecule has 0 fully saturated rings. The second-order valence-electron chi connectivity index (χ2n) is 3.87. The molecule has 0 saturated carbocycles. The van der Waals surface area contributed by atoms with Gasteiger partial charge in [0.25, 0.3) is 5.56 Å². The number of pyridine rings is 1. The van der Waals surface area contributed by atoms with Gasteiger partial charge in [0.15, 0.2) is 0 Å². The van der Waals surface area contributed by atoms with Crippen molar-refractivity contribution in [2.75, 3.05) is 5.73 Å². The second-order valence-corrected chi connectivity index (χ2v) is 5.71. The fraction of sp³-hybridized carbons (Fsp3) is 0. The van der Waals surface area contributed by atoms with Crippen molar-refractivity contribution in [1.82, 2.24) is 4.98 Å². The Kier molecular flexibility index (Phi) is 3.93. The Morgan fingerprint density at radius 1 is 1.05 bits per heavy atom. The zero-order valence-electron chi connectivity index (χ0n) is 9.87. The number of nitrogens with two attached hydrogens (primary N) is 1. The summed E-state index contributed by atoms with van der Waals surface area (Å²) in [6.45, 7) is 0. The number of aromatic amines is 1. The Labute approximate surface area is 130 Å². The maximum absolute atomic E-state index is 11.8. The molecule has 1 heterocycles. The standard InChI is InChI=1S/C13H6Br2N4O/c14-7-1-6(2-8(15)3-7)11-9(4-16)12(18)19-13(20)10(11)5-17/h1-3H,(H3,18,19,20).